The summed E-state index contributed by atoms with van der Waals surface area (Å²) in [5.41, 5.74) is 0.933. The highest BCUT2D eigenvalue weighted by Crippen LogP contribution is 2.13. The first-order chi connectivity index (χ1) is 11.6. The van der Waals surface area contributed by atoms with Crippen molar-refractivity contribution in [2.45, 2.75) is 87.0 Å². The van der Waals surface area contributed by atoms with Gasteiger partial charge >= 0.3 is 0 Å². The summed E-state index contributed by atoms with van der Waals surface area (Å²) >= 11 is 0. The highest BCUT2D eigenvalue weighted by atomic mass is 16.6. The molecule has 0 aromatic rings. The third-order valence-electron chi connectivity index (χ3n) is 3.31. The van der Waals surface area contributed by atoms with Crippen LogP contribution >= 0.6 is 0 Å². The number of piperidine rings is 1. The first-order valence-electron chi connectivity index (χ1n) is 9.81. The number of carbonyl (C=O) groups excluding carboxylic acids is 1. The van der Waals surface area contributed by atoms with Crippen LogP contribution in [0, 0.1) is 5.92 Å². The summed E-state index contributed by atoms with van der Waals surface area (Å²) in [6.45, 7) is 17.4. The van der Waals surface area contributed by atoms with Gasteiger partial charge in [0.1, 0.15) is 12.9 Å². The van der Waals surface area contributed by atoms with Crippen molar-refractivity contribution < 1.29 is 9.63 Å². The molecule has 0 saturated carbocycles. The van der Waals surface area contributed by atoms with Gasteiger partial charge in [-0.25, -0.2) is 0 Å². The van der Waals surface area contributed by atoms with Gasteiger partial charge < -0.3 is 14.5 Å². The number of rotatable bonds is 7. The van der Waals surface area contributed by atoms with Crippen LogP contribution in [0.1, 0.15) is 87.0 Å². The van der Waals surface area contributed by atoms with Gasteiger partial charge in [-0.3, -0.25) is 0 Å². The molecule has 0 N–H and O–H groups in total. The Bertz CT molecular complexity index is 246. The van der Waals surface area contributed by atoms with Gasteiger partial charge in [0, 0.05) is 6.42 Å². The molecule has 4 nitrogen and oxygen atoms in total. The van der Waals surface area contributed by atoms with Crippen molar-refractivity contribution >= 4 is 12.0 Å². The van der Waals surface area contributed by atoms with E-state index in [1.54, 1.807) is 0 Å². The van der Waals surface area contributed by atoms with Gasteiger partial charge in [0.15, 0.2) is 0 Å². The molecule has 1 fully saturated rings. The lowest BCUT2D eigenvalue weighted by molar-refractivity contribution is -0.107. The molecule has 0 spiro atoms. The Morgan fingerprint density at radius 1 is 1.08 bits per heavy atom. The van der Waals surface area contributed by atoms with E-state index in [2.05, 4.69) is 24.0 Å². The standard InChI is InChI=1S/C9H17NO2.C7H15N.2C2H6/c1-9(2)10-12-8-6-4-3-5-7-11;1-7-3-5-8(2)6-4-7;2*1-2/h7H,3-6,8H2,1-2H3;7H,3-6H2,1-2H3;2*1-2H3. The maximum absolute atomic E-state index is 9.93. The molecule has 24 heavy (non-hydrogen) atoms. The monoisotopic (exact) mass is 344 g/mol. The van der Waals surface area contributed by atoms with Gasteiger partial charge in [0.2, 0.25) is 0 Å². The zero-order valence-corrected chi connectivity index (χ0v) is 17.7. The number of aldehydes is 1. The molecule has 1 aliphatic heterocycles. The number of likely N-dealkylation sites (tertiary alicyclic amines) is 1. The molecule has 1 saturated heterocycles. The van der Waals surface area contributed by atoms with Gasteiger partial charge in [-0.1, -0.05) is 39.8 Å². The first kappa shape index (κ1) is 27.9. The van der Waals surface area contributed by atoms with E-state index < -0.39 is 0 Å². The third-order valence-corrected chi connectivity index (χ3v) is 3.31. The van der Waals surface area contributed by atoms with Crippen LogP contribution in [0.3, 0.4) is 0 Å². The Morgan fingerprint density at radius 2 is 1.62 bits per heavy atom. The second-order valence-corrected chi connectivity index (χ2v) is 5.87. The van der Waals surface area contributed by atoms with Gasteiger partial charge in [0.05, 0.1) is 5.71 Å². The van der Waals surface area contributed by atoms with Gasteiger partial charge in [-0.15, -0.1) is 0 Å². The molecule has 4 heteroatoms. The predicted octanol–water partition coefficient (Wildman–Crippen LogP) is 5.56. The average Bonchev–Trinajstić information content (AvgIpc) is 2.61. The molecule has 0 atom stereocenters. The van der Waals surface area contributed by atoms with Crippen LogP contribution in [0.5, 0.6) is 0 Å². The molecule has 0 amide bonds. The summed E-state index contributed by atoms with van der Waals surface area (Å²) in [5, 5.41) is 3.79. The Labute approximate surface area is 152 Å². The molecule has 0 bridgehead atoms. The van der Waals surface area contributed by atoms with Gasteiger partial charge in [0.25, 0.3) is 0 Å². The zero-order valence-electron chi connectivity index (χ0n) is 17.7. The van der Waals surface area contributed by atoms with Crippen LogP contribution < -0.4 is 0 Å². The minimum absolute atomic E-state index is 0.657. The van der Waals surface area contributed by atoms with Crippen molar-refractivity contribution in [1.82, 2.24) is 4.90 Å². The quantitative estimate of drug-likeness (QED) is 0.263. The average molecular weight is 345 g/mol. The number of nitrogens with zero attached hydrogens (tertiary/aromatic N) is 2. The molecule has 0 aromatic heterocycles. The zero-order chi connectivity index (χ0) is 19.2. The smallest absolute Gasteiger partial charge is 0.119 e. The van der Waals surface area contributed by atoms with E-state index in [1.165, 1.54) is 25.9 Å². The van der Waals surface area contributed by atoms with E-state index >= 15 is 0 Å². The van der Waals surface area contributed by atoms with Crippen LogP contribution in [0.25, 0.3) is 0 Å². The maximum Gasteiger partial charge on any atom is 0.119 e. The van der Waals surface area contributed by atoms with Crippen molar-refractivity contribution in [3.05, 3.63) is 0 Å². The molecule has 0 aromatic carbocycles. The lowest BCUT2D eigenvalue weighted by Crippen LogP contribution is -2.28. The highest BCUT2D eigenvalue weighted by Gasteiger charge is 2.10. The molecule has 1 heterocycles. The molecule has 1 rings (SSSR count). The number of oxime groups is 1. The minimum Gasteiger partial charge on any atom is -0.396 e. The van der Waals surface area contributed by atoms with Crippen molar-refractivity contribution in [1.29, 1.82) is 0 Å². The molecular formula is C20H44N2O2. The van der Waals surface area contributed by atoms with E-state index in [1.807, 2.05) is 41.5 Å². The summed E-state index contributed by atoms with van der Waals surface area (Å²) in [4.78, 5) is 17.3. The van der Waals surface area contributed by atoms with Gasteiger partial charge in [-0.05, 0) is 72.0 Å². The van der Waals surface area contributed by atoms with Crippen LogP contribution in [0.4, 0.5) is 0 Å². The van der Waals surface area contributed by atoms with Gasteiger partial charge in [-0.2, -0.15) is 0 Å². The van der Waals surface area contributed by atoms with Crippen LogP contribution in [-0.4, -0.2) is 43.6 Å². The van der Waals surface area contributed by atoms with E-state index in [4.69, 9.17) is 4.84 Å². The van der Waals surface area contributed by atoms with Crippen molar-refractivity contribution in [3.63, 3.8) is 0 Å². The predicted molar refractivity (Wildman–Crippen MR) is 108 cm³/mol. The molecule has 0 radical (unpaired) electrons. The van der Waals surface area contributed by atoms with Crippen LogP contribution in [0.15, 0.2) is 5.16 Å². The Balaban J connectivity index is -0.000000317. The first-order valence-corrected chi connectivity index (χ1v) is 9.81. The topological polar surface area (TPSA) is 41.9 Å². The summed E-state index contributed by atoms with van der Waals surface area (Å²) in [6, 6.07) is 0. The fraction of sp³-hybridized carbons (Fsp3) is 0.900. The third kappa shape index (κ3) is 26.0. The number of hydrogen-bond donors (Lipinski definition) is 0. The Morgan fingerprint density at radius 3 is 2.04 bits per heavy atom. The summed E-state index contributed by atoms with van der Waals surface area (Å²) < 4.78 is 0. The maximum atomic E-state index is 9.93. The van der Waals surface area contributed by atoms with E-state index in [0.29, 0.717) is 13.0 Å². The highest BCUT2D eigenvalue weighted by molar-refractivity contribution is 5.78. The number of carbonyl (C=O) groups is 1. The summed E-state index contributed by atoms with van der Waals surface area (Å²) in [6.07, 6.45) is 7.39. The second kappa shape index (κ2) is 24.4. The van der Waals surface area contributed by atoms with Crippen molar-refractivity contribution in [2.24, 2.45) is 11.1 Å². The molecule has 1 aliphatic rings. The lowest BCUT2D eigenvalue weighted by Gasteiger charge is -2.26. The largest absolute Gasteiger partial charge is 0.396 e. The number of hydrogen-bond acceptors (Lipinski definition) is 4. The number of unbranched alkanes of at least 4 members (excludes halogenated alkanes) is 3. The van der Waals surface area contributed by atoms with Crippen molar-refractivity contribution in [2.75, 3.05) is 26.7 Å². The molecule has 146 valence electrons. The van der Waals surface area contributed by atoms with E-state index in [0.717, 1.165) is 37.2 Å². The fourth-order valence-corrected chi connectivity index (χ4v) is 1.88. The fourth-order valence-electron chi connectivity index (χ4n) is 1.88. The van der Waals surface area contributed by atoms with Crippen molar-refractivity contribution in [3.8, 4) is 0 Å². The molecule has 0 unspecified atom stereocenters. The summed E-state index contributed by atoms with van der Waals surface area (Å²) in [7, 11) is 2.20. The summed E-state index contributed by atoms with van der Waals surface area (Å²) in [5.74, 6) is 0.978. The molecule has 0 aliphatic carbocycles. The Hall–Kier alpha value is -0.900. The van der Waals surface area contributed by atoms with Crippen LogP contribution in [0.2, 0.25) is 0 Å². The molecular weight excluding hydrogens is 300 g/mol. The normalized spacial score (nSPS) is 13.8. The Kier molecular flexibility index (Phi) is 28.3. The SMILES string of the molecule is CC.CC.CC(C)=NOCCCCCC=O.CC1CCN(C)CC1. The van der Waals surface area contributed by atoms with E-state index in [9.17, 15) is 4.79 Å². The van der Waals surface area contributed by atoms with Crippen LogP contribution in [-0.2, 0) is 9.63 Å². The second-order valence-electron chi connectivity index (χ2n) is 5.87. The minimum atomic E-state index is 0.657. The van der Waals surface area contributed by atoms with E-state index in [-0.39, 0.29) is 0 Å². The lowest BCUT2D eigenvalue weighted by atomic mass is 10.00.